The molecule has 0 aliphatic carbocycles. The van der Waals surface area contributed by atoms with Crippen molar-refractivity contribution in [2.24, 2.45) is 5.73 Å². The Kier molecular flexibility index (Phi) is 3.67. The third kappa shape index (κ3) is 2.53. The molecule has 1 heterocycles. The second-order valence-electron chi connectivity index (χ2n) is 4.51. The van der Waals surface area contributed by atoms with Crippen LogP contribution in [0.1, 0.15) is 11.1 Å². The van der Waals surface area contributed by atoms with E-state index in [0.717, 1.165) is 16.5 Å². The van der Waals surface area contributed by atoms with E-state index in [0.29, 0.717) is 13.2 Å². The van der Waals surface area contributed by atoms with Crippen LogP contribution in [-0.4, -0.2) is 0 Å². The highest BCUT2D eigenvalue weighted by molar-refractivity contribution is 7.17. The van der Waals surface area contributed by atoms with Gasteiger partial charge in [0.1, 0.15) is 6.61 Å². The SMILES string of the molecule is NCc1ccc2c(COc3ccccc3F)csc2c1. The number of ether oxygens (including phenoxy) is 1. The fourth-order valence-electron chi connectivity index (χ4n) is 2.08. The molecule has 0 aliphatic heterocycles. The van der Waals surface area contributed by atoms with Crippen molar-refractivity contribution >= 4 is 21.4 Å². The Labute approximate surface area is 120 Å². The number of hydrogen-bond acceptors (Lipinski definition) is 3. The summed E-state index contributed by atoms with van der Waals surface area (Å²) in [6.07, 6.45) is 0. The summed E-state index contributed by atoms with van der Waals surface area (Å²) in [6, 6.07) is 12.6. The van der Waals surface area contributed by atoms with Crippen molar-refractivity contribution < 1.29 is 9.13 Å². The molecule has 0 aliphatic rings. The van der Waals surface area contributed by atoms with E-state index in [2.05, 4.69) is 6.07 Å². The molecule has 20 heavy (non-hydrogen) atoms. The molecule has 4 heteroatoms. The Morgan fingerprint density at radius 1 is 1.15 bits per heavy atom. The molecule has 0 radical (unpaired) electrons. The van der Waals surface area contributed by atoms with Gasteiger partial charge in [-0.25, -0.2) is 4.39 Å². The van der Waals surface area contributed by atoms with E-state index in [-0.39, 0.29) is 11.6 Å². The van der Waals surface area contributed by atoms with Crippen LogP contribution in [0.25, 0.3) is 10.1 Å². The molecular weight excluding hydrogens is 273 g/mol. The maximum Gasteiger partial charge on any atom is 0.165 e. The van der Waals surface area contributed by atoms with Crippen LogP contribution in [0.15, 0.2) is 47.8 Å². The summed E-state index contributed by atoms with van der Waals surface area (Å²) < 4.78 is 20.2. The average Bonchev–Trinajstić information content (AvgIpc) is 2.88. The summed E-state index contributed by atoms with van der Waals surface area (Å²) in [7, 11) is 0. The van der Waals surface area contributed by atoms with Crippen LogP contribution < -0.4 is 10.5 Å². The van der Waals surface area contributed by atoms with Crippen molar-refractivity contribution in [3.63, 3.8) is 0 Å². The molecule has 3 aromatic rings. The number of rotatable bonds is 4. The van der Waals surface area contributed by atoms with Gasteiger partial charge in [0.15, 0.2) is 11.6 Å². The van der Waals surface area contributed by atoms with Gasteiger partial charge in [-0.2, -0.15) is 0 Å². The molecule has 3 rings (SSSR count). The number of hydrogen-bond donors (Lipinski definition) is 1. The first kappa shape index (κ1) is 13.1. The van der Waals surface area contributed by atoms with Gasteiger partial charge in [-0.1, -0.05) is 24.3 Å². The van der Waals surface area contributed by atoms with E-state index < -0.39 is 0 Å². The van der Waals surface area contributed by atoms with Gasteiger partial charge in [-0.3, -0.25) is 0 Å². The van der Waals surface area contributed by atoms with Gasteiger partial charge in [0.2, 0.25) is 0 Å². The minimum Gasteiger partial charge on any atom is -0.486 e. The lowest BCUT2D eigenvalue weighted by atomic mass is 10.1. The van der Waals surface area contributed by atoms with E-state index in [1.54, 1.807) is 29.5 Å². The van der Waals surface area contributed by atoms with Crippen molar-refractivity contribution in [1.82, 2.24) is 0 Å². The molecule has 2 nitrogen and oxygen atoms in total. The molecule has 0 spiro atoms. The molecule has 2 aromatic carbocycles. The molecule has 0 atom stereocenters. The van der Waals surface area contributed by atoms with Crippen LogP contribution >= 0.6 is 11.3 Å². The predicted molar refractivity (Wildman–Crippen MR) is 80.4 cm³/mol. The summed E-state index contributed by atoms with van der Waals surface area (Å²) in [5, 5.41) is 3.19. The standard InChI is InChI=1S/C16H14FNOS/c17-14-3-1-2-4-15(14)19-9-12-10-20-16-7-11(8-18)5-6-13(12)16/h1-7,10H,8-9,18H2. The van der Waals surface area contributed by atoms with E-state index in [9.17, 15) is 4.39 Å². The lowest BCUT2D eigenvalue weighted by Crippen LogP contribution is -1.97. The smallest absolute Gasteiger partial charge is 0.165 e. The normalized spacial score (nSPS) is 10.9. The lowest BCUT2D eigenvalue weighted by Gasteiger charge is -2.06. The second-order valence-corrected chi connectivity index (χ2v) is 5.43. The molecule has 0 fully saturated rings. The molecule has 2 N–H and O–H groups in total. The zero-order chi connectivity index (χ0) is 13.9. The number of fused-ring (bicyclic) bond motifs is 1. The van der Waals surface area contributed by atoms with Crippen molar-refractivity contribution in [2.45, 2.75) is 13.2 Å². The molecule has 0 saturated carbocycles. The van der Waals surface area contributed by atoms with Gasteiger partial charge in [-0.15, -0.1) is 11.3 Å². The quantitative estimate of drug-likeness (QED) is 0.784. The topological polar surface area (TPSA) is 35.2 Å². The van der Waals surface area contributed by atoms with Crippen LogP contribution in [0.5, 0.6) is 5.75 Å². The maximum atomic E-state index is 13.5. The molecule has 0 unspecified atom stereocenters. The number of benzene rings is 2. The van der Waals surface area contributed by atoms with Crippen molar-refractivity contribution in [2.75, 3.05) is 0 Å². The third-order valence-corrected chi connectivity index (χ3v) is 4.17. The number of halogens is 1. The average molecular weight is 287 g/mol. The summed E-state index contributed by atoms with van der Waals surface area (Å²) in [5.74, 6) is -0.0529. The first-order chi connectivity index (χ1) is 9.78. The highest BCUT2D eigenvalue weighted by atomic mass is 32.1. The maximum absolute atomic E-state index is 13.5. The van der Waals surface area contributed by atoms with Gasteiger partial charge in [-0.05, 0) is 34.5 Å². The molecule has 0 saturated heterocycles. The second kappa shape index (κ2) is 5.61. The zero-order valence-corrected chi connectivity index (χ0v) is 11.6. The Bertz CT molecular complexity index is 738. The molecule has 0 bridgehead atoms. The number of para-hydroxylation sites is 1. The molecule has 102 valence electrons. The van der Waals surface area contributed by atoms with E-state index in [1.807, 2.05) is 17.5 Å². The van der Waals surface area contributed by atoms with Gasteiger partial charge >= 0.3 is 0 Å². The number of nitrogens with two attached hydrogens (primary N) is 1. The van der Waals surface area contributed by atoms with E-state index >= 15 is 0 Å². The summed E-state index contributed by atoms with van der Waals surface area (Å²) in [5.41, 5.74) is 7.82. The van der Waals surface area contributed by atoms with Gasteiger partial charge in [0, 0.05) is 16.8 Å². The van der Waals surface area contributed by atoms with E-state index in [4.69, 9.17) is 10.5 Å². The summed E-state index contributed by atoms with van der Waals surface area (Å²) in [4.78, 5) is 0. The summed E-state index contributed by atoms with van der Waals surface area (Å²) >= 11 is 1.65. The Morgan fingerprint density at radius 3 is 2.80 bits per heavy atom. The first-order valence-corrected chi connectivity index (χ1v) is 7.22. The fourth-order valence-corrected chi connectivity index (χ4v) is 3.09. The predicted octanol–water partition coefficient (Wildman–Crippen LogP) is 4.08. The largest absolute Gasteiger partial charge is 0.486 e. The van der Waals surface area contributed by atoms with Crippen LogP contribution in [-0.2, 0) is 13.2 Å². The highest BCUT2D eigenvalue weighted by Crippen LogP contribution is 2.28. The number of thiophene rings is 1. The van der Waals surface area contributed by atoms with Gasteiger partial charge in [0.05, 0.1) is 0 Å². The third-order valence-electron chi connectivity index (χ3n) is 3.18. The van der Waals surface area contributed by atoms with Gasteiger partial charge < -0.3 is 10.5 Å². The van der Waals surface area contributed by atoms with E-state index in [1.165, 1.54) is 10.8 Å². The van der Waals surface area contributed by atoms with Gasteiger partial charge in [0.25, 0.3) is 0 Å². The van der Waals surface area contributed by atoms with Crippen molar-refractivity contribution in [1.29, 1.82) is 0 Å². The molecular formula is C16H14FNOS. The summed E-state index contributed by atoms with van der Waals surface area (Å²) in [6.45, 7) is 0.901. The Morgan fingerprint density at radius 2 is 2.00 bits per heavy atom. The zero-order valence-electron chi connectivity index (χ0n) is 10.8. The molecule has 0 amide bonds. The lowest BCUT2D eigenvalue weighted by molar-refractivity contribution is 0.292. The molecule has 1 aromatic heterocycles. The fraction of sp³-hybridized carbons (Fsp3) is 0.125. The van der Waals surface area contributed by atoms with Crippen LogP contribution in [0.4, 0.5) is 4.39 Å². The highest BCUT2D eigenvalue weighted by Gasteiger charge is 2.07. The minimum atomic E-state index is -0.336. The monoisotopic (exact) mass is 287 g/mol. The first-order valence-electron chi connectivity index (χ1n) is 6.34. The van der Waals surface area contributed by atoms with Crippen molar-refractivity contribution in [3.8, 4) is 5.75 Å². The Hall–Kier alpha value is -1.91. The Balaban J connectivity index is 1.83. The minimum absolute atomic E-state index is 0.283. The van der Waals surface area contributed by atoms with Crippen LogP contribution in [0.3, 0.4) is 0 Å². The van der Waals surface area contributed by atoms with Crippen LogP contribution in [0, 0.1) is 5.82 Å². The van der Waals surface area contributed by atoms with Crippen LogP contribution in [0.2, 0.25) is 0 Å². The van der Waals surface area contributed by atoms with Crippen molar-refractivity contribution in [3.05, 3.63) is 64.8 Å².